The maximum absolute atomic E-state index is 13.2. The van der Waals surface area contributed by atoms with Gasteiger partial charge in [0.1, 0.15) is 5.56 Å². The summed E-state index contributed by atoms with van der Waals surface area (Å²) in [4.78, 5) is 41.8. The van der Waals surface area contributed by atoms with Crippen molar-refractivity contribution in [2.24, 2.45) is 0 Å². The number of benzene rings is 2. The minimum Gasteiger partial charge on any atom is -0.360 e. The van der Waals surface area contributed by atoms with E-state index in [-0.39, 0.29) is 23.3 Å². The van der Waals surface area contributed by atoms with E-state index in [1.54, 1.807) is 28.6 Å². The maximum atomic E-state index is 13.2. The monoisotopic (exact) mass is 393 g/mol. The molecule has 1 aromatic heterocycles. The number of nitrogens with one attached hydrogen (secondary N) is 2. The zero-order valence-electron chi connectivity index (χ0n) is 15.9. The fourth-order valence-electron chi connectivity index (χ4n) is 3.22. The van der Waals surface area contributed by atoms with Crippen molar-refractivity contribution in [3.05, 3.63) is 76.6 Å². The van der Waals surface area contributed by atoms with E-state index in [0.29, 0.717) is 42.4 Å². The van der Waals surface area contributed by atoms with Crippen molar-refractivity contribution in [2.75, 3.05) is 11.4 Å². The van der Waals surface area contributed by atoms with E-state index in [0.717, 1.165) is 0 Å². The number of aromatic amines is 1. The van der Waals surface area contributed by atoms with Crippen LogP contribution in [-0.2, 0) is 4.79 Å². The van der Waals surface area contributed by atoms with Crippen molar-refractivity contribution < 1.29 is 14.8 Å². The van der Waals surface area contributed by atoms with Crippen molar-refractivity contribution in [1.29, 1.82) is 0 Å². The second-order valence-corrected chi connectivity index (χ2v) is 6.72. The number of carbonyl (C=O) groups excluding carboxylic acids is 2. The third-order valence-electron chi connectivity index (χ3n) is 4.74. The molecule has 7 heteroatoms. The van der Waals surface area contributed by atoms with Crippen LogP contribution in [-0.4, -0.2) is 28.6 Å². The molecule has 0 spiro atoms. The average Bonchev–Trinajstić information content (AvgIpc) is 2.76. The summed E-state index contributed by atoms with van der Waals surface area (Å²) in [5.74, 6) is -0.792. The number of aromatic nitrogens is 1. The highest BCUT2D eigenvalue weighted by Gasteiger charge is 2.21. The van der Waals surface area contributed by atoms with E-state index >= 15 is 0 Å². The Morgan fingerprint density at radius 2 is 1.69 bits per heavy atom. The topological polar surface area (TPSA) is 103 Å². The van der Waals surface area contributed by atoms with Gasteiger partial charge < -0.3 is 9.88 Å². The number of nitrogens with zero attached hydrogens (tertiary/aromatic N) is 1. The largest absolute Gasteiger partial charge is 0.360 e. The lowest BCUT2D eigenvalue weighted by molar-refractivity contribution is -0.129. The molecule has 0 unspecified atom stereocenters. The third kappa shape index (κ3) is 4.89. The minimum atomic E-state index is -0.427. The van der Waals surface area contributed by atoms with Crippen LogP contribution in [0.4, 0.5) is 5.69 Å². The molecule has 29 heavy (non-hydrogen) atoms. The number of hydrogen-bond donors (Lipinski definition) is 3. The first-order valence-electron chi connectivity index (χ1n) is 9.52. The second kappa shape index (κ2) is 9.66. The Morgan fingerprint density at radius 1 is 0.966 bits per heavy atom. The lowest BCUT2D eigenvalue weighted by Crippen LogP contribution is -2.35. The molecule has 0 aliphatic rings. The quantitative estimate of drug-likeness (QED) is 0.311. The van der Waals surface area contributed by atoms with Crippen LogP contribution in [0.2, 0.25) is 0 Å². The fraction of sp³-hybridized carbons (Fsp3) is 0.227. The molecule has 1 heterocycles. The number of H-pyrrole nitrogens is 1. The molecule has 0 saturated carbocycles. The summed E-state index contributed by atoms with van der Waals surface area (Å²) >= 11 is 0. The van der Waals surface area contributed by atoms with Crippen LogP contribution in [0.1, 0.15) is 36.0 Å². The van der Waals surface area contributed by atoms with Crippen LogP contribution < -0.4 is 15.8 Å². The number of fused-ring (bicyclic) bond motifs is 1. The molecule has 0 aliphatic heterocycles. The highest BCUT2D eigenvalue weighted by molar-refractivity contribution is 6.07. The molecule has 3 aromatic rings. The zero-order valence-corrected chi connectivity index (χ0v) is 15.9. The van der Waals surface area contributed by atoms with Gasteiger partial charge in [0.05, 0.1) is 0 Å². The summed E-state index contributed by atoms with van der Waals surface area (Å²) < 4.78 is 0. The Balaban J connectivity index is 1.81. The molecule has 3 rings (SSSR count). The molecule has 0 bridgehead atoms. The Hall–Kier alpha value is -3.45. The molecule has 0 aliphatic carbocycles. The number of para-hydroxylation sites is 2. The molecule has 2 aromatic carbocycles. The molecule has 0 atom stereocenters. The molecular weight excluding hydrogens is 370 g/mol. The second-order valence-electron chi connectivity index (χ2n) is 6.72. The van der Waals surface area contributed by atoms with E-state index in [2.05, 4.69) is 4.98 Å². The van der Waals surface area contributed by atoms with Crippen LogP contribution in [0.25, 0.3) is 10.9 Å². The highest BCUT2D eigenvalue weighted by atomic mass is 16.5. The minimum absolute atomic E-state index is 0.0900. The SMILES string of the molecule is O=C(CCCCCN(C(=O)c1c[nH]c2ccccc2c1=O)c1ccccc1)NO. The van der Waals surface area contributed by atoms with Crippen LogP contribution in [0.5, 0.6) is 0 Å². The standard InChI is InChI=1S/C22H23N3O4/c26-20(24-29)13-5-2-8-14-25(16-9-3-1-4-10-16)22(28)18-15-23-19-12-7-6-11-17(19)21(18)27/h1,3-4,6-7,9-12,15,29H,2,5,8,13-14H2,(H,23,27)(H,24,26). The van der Waals surface area contributed by atoms with Crippen molar-refractivity contribution in [2.45, 2.75) is 25.7 Å². The molecule has 7 nitrogen and oxygen atoms in total. The molecule has 150 valence electrons. The summed E-state index contributed by atoms with van der Waals surface area (Å²) in [5.41, 5.74) is 2.79. The van der Waals surface area contributed by atoms with Crippen LogP contribution in [0.3, 0.4) is 0 Å². The van der Waals surface area contributed by atoms with Crippen molar-refractivity contribution in [3.8, 4) is 0 Å². The smallest absolute Gasteiger partial charge is 0.263 e. The molecule has 0 radical (unpaired) electrons. The number of amides is 2. The van der Waals surface area contributed by atoms with E-state index in [1.807, 2.05) is 36.4 Å². The number of rotatable bonds is 8. The Kier molecular flexibility index (Phi) is 6.76. The summed E-state index contributed by atoms with van der Waals surface area (Å²) in [6, 6.07) is 16.3. The van der Waals surface area contributed by atoms with E-state index in [9.17, 15) is 14.4 Å². The summed E-state index contributed by atoms with van der Waals surface area (Å²) in [6.45, 7) is 0.413. The van der Waals surface area contributed by atoms with E-state index in [1.165, 1.54) is 6.20 Å². The van der Waals surface area contributed by atoms with Gasteiger partial charge >= 0.3 is 0 Å². The fourth-order valence-corrected chi connectivity index (χ4v) is 3.22. The predicted molar refractivity (Wildman–Crippen MR) is 111 cm³/mol. The zero-order chi connectivity index (χ0) is 20.6. The van der Waals surface area contributed by atoms with Crippen molar-refractivity contribution >= 4 is 28.4 Å². The van der Waals surface area contributed by atoms with Gasteiger partial charge in [-0.2, -0.15) is 0 Å². The summed E-state index contributed by atoms with van der Waals surface area (Å²) in [5, 5.41) is 9.02. The number of hydrogen-bond acceptors (Lipinski definition) is 4. The number of hydroxylamine groups is 1. The van der Waals surface area contributed by atoms with Crippen LogP contribution in [0, 0.1) is 0 Å². The molecule has 3 N–H and O–H groups in total. The number of anilines is 1. The Labute approximate surface area is 167 Å². The molecule has 2 amide bonds. The lowest BCUT2D eigenvalue weighted by Gasteiger charge is -2.23. The van der Waals surface area contributed by atoms with Gasteiger partial charge in [0.25, 0.3) is 5.91 Å². The van der Waals surface area contributed by atoms with Crippen molar-refractivity contribution in [1.82, 2.24) is 10.5 Å². The first kappa shape index (κ1) is 20.3. The van der Waals surface area contributed by atoms with Gasteiger partial charge in [-0.15, -0.1) is 0 Å². The third-order valence-corrected chi connectivity index (χ3v) is 4.74. The number of carbonyl (C=O) groups is 2. The lowest BCUT2D eigenvalue weighted by atomic mass is 10.1. The van der Waals surface area contributed by atoms with Crippen LogP contribution in [0.15, 0.2) is 65.6 Å². The van der Waals surface area contributed by atoms with Gasteiger partial charge in [-0.05, 0) is 37.1 Å². The van der Waals surface area contributed by atoms with Gasteiger partial charge in [0, 0.05) is 35.8 Å². The van der Waals surface area contributed by atoms with E-state index < -0.39 is 5.91 Å². The summed E-state index contributed by atoms with van der Waals surface area (Å²) in [6.07, 6.45) is 3.65. The first-order valence-corrected chi connectivity index (χ1v) is 9.52. The molecule has 0 saturated heterocycles. The van der Waals surface area contributed by atoms with Gasteiger partial charge in [0.2, 0.25) is 11.3 Å². The molecular formula is C22H23N3O4. The molecule has 0 fully saturated rings. The van der Waals surface area contributed by atoms with Gasteiger partial charge in [-0.25, -0.2) is 5.48 Å². The maximum Gasteiger partial charge on any atom is 0.263 e. The average molecular weight is 393 g/mol. The normalized spacial score (nSPS) is 10.7. The van der Waals surface area contributed by atoms with Crippen molar-refractivity contribution in [3.63, 3.8) is 0 Å². The van der Waals surface area contributed by atoms with E-state index in [4.69, 9.17) is 5.21 Å². The Bertz CT molecular complexity index is 1050. The van der Waals surface area contributed by atoms with Gasteiger partial charge in [-0.3, -0.25) is 19.6 Å². The summed E-state index contributed by atoms with van der Waals surface area (Å²) in [7, 11) is 0. The first-order chi connectivity index (χ1) is 14.1. The number of pyridine rings is 1. The van der Waals surface area contributed by atoms with Gasteiger partial charge in [-0.1, -0.05) is 36.8 Å². The Morgan fingerprint density at radius 3 is 2.45 bits per heavy atom. The number of unbranched alkanes of at least 4 members (excludes halogenated alkanes) is 2. The predicted octanol–water partition coefficient (Wildman–Crippen LogP) is 3.24. The highest BCUT2D eigenvalue weighted by Crippen LogP contribution is 2.18. The van der Waals surface area contributed by atoms with Gasteiger partial charge in [0.15, 0.2) is 0 Å². The van der Waals surface area contributed by atoms with Crippen LogP contribution >= 0.6 is 0 Å².